The average molecular weight is 377 g/mol. The van der Waals surface area contributed by atoms with Gasteiger partial charge in [-0.1, -0.05) is 30.7 Å². The van der Waals surface area contributed by atoms with Gasteiger partial charge in [0.25, 0.3) is 5.56 Å². The molecule has 1 aliphatic rings. The molecule has 0 amide bonds. The first-order valence-corrected chi connectivity index (χ1v) is 8.87. The number of benzene rings is 1. The molecule has 0 N–H and O–H groups in total. The van der Waals surface area contributed by atoms with Gasteiger partial charge in [-0.25, -0.2) is 4.79 Å². The summed E-state index contributed by atoms with van der Waals surface area (Å²) in [6.45, 7) is 6.55. The Balaban J connectivity index is 1.97. The van der Waals surface area contributed by atoms with Crippen LogP contribution in [0.3, 0.4) is 0 Å². The Morgan fingerprint density at radius 3 is 2.54 bits per heavy atom. The molecule has 138 valence electrons. The van der Waals surface area contributed by atoms with Crippen molar-refractivity contribution in [1.29, 1.82) is 0 Å². The van der Waals surface area contributed by atoms with E-state index >= 15 is 0 Å². The molecule has 2 aromatic rings. The summed E-state index contributed by atoms with van der Waals surface area (Å²) in [6, 6.07) is 6.64. The van der Waals surface area contributed by atoms with Gasteiger partial charge in [-0.15, -0.1) is 0 Å². The van der Waals surface area contributed by atoms with Gasteiger partial charge in [0.05, 0.1) is 30.2 Å². The first-order valence-electron chi connectivity index (χ1n) is 8.49. The van der Waals surface area contributed by atoms with E-state index in [-0.39, 0.29) is 10.6 Å². The Bertz CT molecular complexity index is 860. The number of ether oxygens (including phenoxy) is 1. The van der Waals surface area contributed by atoms with Crippen LogP contribution < -0.4 is 10.5 Å². The summed E-state index contributed by atoms with van der Waals surface area (Å²) in [5.41, 5.74) is 0.760. The SMILES string of the molecule is CCN1CCN(c2cnn(-c3ccccc3C(=O)OC)c(=O)c2Cl)CC1. The van der Waals surface area contributed by atoms with E-state index in [9.17, 15) is 9.59 Å². The van der Waals surface area contributed by atoms with Crippen molar-refractivity contribution in [2.75, 3.05) is 44.7 Å². The van der Waals surface area contributed by atoms with Gasteiger partial charge in [-0.2, -0.15) is 9.78 Å². The molecule has 0 radical (unpaired) electrons. The largest absolute Gasteiger partial charge is 0.465 e. The molecule has 7 nitrogen and oxygen atoms in total. The molecule has 1 saturated heterocycles. The number of hydrogen-bond donors (Lipinski definition) is 0. The lowest BCUT2D eigenvalue weighted by Gasteiger charge is -2.35. The van der Waals surface area contributed by atoms with Gasteiger partial charge in [0.15, 0.2) is 0 Å². The lowest BCUT2D eigenvalue weighted by atomic mass is 10.2. The van der Waals surface area contributed by atoms with Gasteiger partial charge < -0.3 is 14.5 Å². The van der Waals surface area contributed by atoms with Crippen LogP contribution >= 0.6 is 11.6 Å². The summed E-state index contributed by atoms with van der Waals surface area (Å²) < 4.78 is 5.92. The fraction of sp³-hybridized carbons (Fsp3) is 0.389. The number of methoxy groups -OCH3 is 1. The molecule has 0 unspecified atom stereocenters. The van der Waals surface area contributed by atoms with Crippen LogP contribution in [0.15, 0.2) is 35.3 Å². The predicted octanol–water partition coefficient (Wildman–Crippen LogP) is 1.81. The highest BCUT2D eigenvalue weighted by atomic mass is 35.5. The first kappa shape index (κ1) is 18.4. The molecular weight excluding hydrogens is 356 g/mol. The predicted molar refractivity (Wildman–Crippen MR) is 101 cm³/mol. The van der Waals surface area contributed by atoms with E-state index in [0.29, 0.717) is 11.4 Å². The minimum absolute atomic E-state index is 0.101. The normalized spacial score (nSPS) is 15.1. The van der Waals surface area contributed by atoms with Crippen LogP contribution in [-0.4, -0.2) is 60.5 Å². The van der Waals surface area contributed by atoms with Crippen LogP contribution in [0.4, 0.5) is 5.69 Å². The number of rotatable bonds is 4. The molecule has 3 rings (SSSR count). The molecule has 26 heavy (non-hydrogen) atoms. The molecule has 1 aromatic carbocycles. The van der Waals surface area contributed by atoms with Crippen LogP contribution in [-0.2, 0) is 4.74 Å². The van der Waals surface area contributed by atoms with Crippen molar-refractivity contribution in [3.63, 3.8) is 0 Å². The lowest BCUT2D eigenvalue weighted by molar-refractivity contribution is 0.0600. The van der Waals surface area contributed by atoms with Crippen molar-refractivity contribution in [3.8, 4) is 5.69 Å². The van der Waals surface area contributed by atoms with E-state index in [0.717, 1.165) is 37.4 Å². The van der Waals surface area contributed by atoms with Crippen molar-refractivity contribution in [3.05, 3.63) is 51.4 Å². The quantitative estimate of drug-likeness (QED) is 0.758. The van der Waals surface area contributed by atoms with Crippen molar-refractivity contribution >= 4 is 23.3 Å². The third-order valence-corrected chi connectivity index (χ3v) is 4.95. The second-order valence-corrected chi connectivity index (χ2v) is 6.37. The number of para-hydroxylation sites is 1. The molecule has 2 heterocycles. The van der Waals surface area contributed by atoms with E-state index < -0.39 is 11.5 Å². The maximum absolute atomic E-state index is 12.8. The number of carbonyl (C=O) groups excluding carboxylic acids is 1. The van der Waals surface area contributed by atoms with Crippen LogP contribution in [0, 0.1) is 0 Å². The highest BCUT2D eigenvalue weighted by Gasteiger charge is 2.22. The number of nitrogens with zero attached hydrogens (tertiary/aromatic N) is 4. The van der Waals surface area contributed by atoms with Gasteiger partial charge in [0.1, 0.15) is 5.02 Å². The first-order chi connectivity index (χ1) is 12.6. The Morgan fingerprint density at radius 1 is 1.19 bits per heavy atom. The molecule has 8 heteroatoms. The summed E-state index contributed by atoms with van der Waals surface area (Å²) in [5.74, 6) is -0.537. The zero-order valence-corrected chi connectivity index (χ0v) is 15.6. The molecule has 1 aromatic heterocycles. The minimum atomic E-state index is -0.537. The van der Waals surface area contributed by atoms with E-state index in [1.165, 1.54) is 7.11 Å². The maximum atomic E-state index is 12.8. The molecular formula is C18H21ClN4O3. The Morgan fingerprint density at radius 2 is 1.88 bits per heavy atom. The number of piperazine rings is 1. The van der Waals surface area contributed by atoms with Crippen molar-refractivity contribution in [2.45, 2.75) is 6.92 Å². The summed E-state index contributed by atoms with van der Waals surface area (Å²) in [6.07, 6.45) is 1.58. The minimum Gasteiger partial charge on any atom is -0.465 e. The Kier molecular flexibility index (Phi) is 5.58. The van der Waals surface area contributed by atoms with Gasteiger partial charge >= 0.3 is 5.97 Å². The highest BCUT2D eigenvalue weighted by molar-refractivity contribution is 6.33. The Hall–Kier alpha value is -2.38. The molecule has 0 spiro atoms. The third kappa shape index (κ3) is 3.45. The zero-order valence-electron chi connectivity index (χ0n) is 14.8. The second-order valence-electron chi connectivity index (χ2n) is 5.99. The van der Waals surface area contributed by atoms with Crippen LogP contribution in [0.5, 0.6) is 0 Å². The standard InChI is InChI=1S/C18H21ClN4O3/c1-3-21-8-10-22(11-9-21)15-12-20-23(17(24)16(15)19)14-7-5-4-6-13(14)18(25)26-2/h4-7,12H,3,8-11H2,1-2H3. The third-order valence-electron chi connectivity index (χ3n) is 4.60. The van der Waals surface area contributed by atoms with Gasteiger partial charge in [0, 0.05) is 26.2 Å². The van der Waals surface area contributed by atoms with E-state index in [1.54, 1.807) is 30.5 Å². The number of esters is 1. The smallest absolute Gasteiger partial charge is 0.340 e. The van der Waals surface area contributed by atoms with E-state index in [2.05, 4.69) is 21.8 Å². The molecule has 0 saturated carbocycles. The van der Waals surface area contributed by atoms with E-state index in [4.69, 9.17) is 16.3 Å². The summed E-state index contributed by atoms with van der Waals surface area (Å²) in [5, 5.41) is 4.36. The zero-order chi connectivity index (χ0) is 18.7. The highest BCUT2D eigenvalue weighted by Crippen LogP contribution is 2.23. The average Bonchev–Trinajstić information content (AvgIpc) is 2.69. The number of hydrogen-bond acceptors (Lipinski definition) is 6. The second kappa shape index (κ2) is 7.88. The summed E-state index contributed by atoms with van der Waals surface area (Å²) in [7, 11) is 1.29. The molecule has 1 fully saturated rings. The van der Waals surface area contributed by atoms with Gasteiger partial charge in [-0.05, 0) is 18.7 Å². The van der Waals surface area contributed by atoms with Gasteiger partial charge in [-0.3, -0.25) is 4.79 Å². The summed E-state index contributed by atoms with van der Waals surface area (Å²) in [4.78, 5) is 29.2. The molecule has 0 atom stereocenters. The molecule has 1 aliphatic heterocycles. The number of halogens is 1. The number of carbonyl (C=O) groups is 1. The fourth-order valence-corrected chi connectivity index (χ4v) is 3.31. The number of aromatic nitrogens is 2. The lowest BCUT2D eigenvalue weighted by Crippen LogP contribution is -2.46. The molecule has 0 bridgehead atoms. The van der Waals surface area contributed by atoms with Gasteiger partial charge in [0.2, 0.25) is 0 Å². The summed E-state index contributed by atoms with van der Waals surface area (Å²) >= 11 is 6.37. The van der Waals surface area contributed by atoms with Crippen LogP contribution in [0.2, 0.25) is 5.02 Å². The van der Waals surface area contributed by atoms with Crippen molar-refractivity contribution in [1.82, 2.24) is 14.7 Å². The van der Waals surface area contributed by atoms with Crippen LogP contribution in [0.25, 0.3) is 5.69 Å². The monoisotopic (exact) mass is 376 g/mol. The maximum Gasteiger partial charge on any atom is 0.340 e. The Labute approximate surface area is 156 Å². The van der Waals surface area contributed by atoms with Crippen molar-refractivity contribution in [2.24, 2.45) is 0 Å². The van der Waals surface area contributed by atoms with Crippen LogP contribution in [0.1, 0.15) is 17.3 Å². The number of likely N-dealkylation sites (N-methyl/N-ethyl adjacent to an activating group) is 1. The fourth-order valence-electron chi connectivity index (χ4n) is 3.06. The topological polar surface area (TPSA) is 67.7 Å². The van der Waals surface area contributed by atoms with Crippen molar-refractivity contribution < 1.29 is 9.53 Å². The van der Waals surface area contributed by atoms with E-state index in [1.807, 2.05) is 0 Å². The number of anilines is 1. The molecule has 0 aliphatic carbocycles.